The van der Waals surface area contributed by atoms with Crippen molar-refractivity contribution in [2.24, 2.45) is 0 Å². The Kier molecular flexibility index (Phi) is 69.8. The van der Waals surface area contributed by atoms with Crippen molar-refractivity contribution >= 4 is 33.6 Å². The number of carbonyl (C=O) groups is 3. The Labute approximate surface area is 600 Å². The maximum atomic E-state index is 12.9. The molecule has 16 nitrogen and oxygen atoms in total. The van der Waals surface area contributed by atoms with Crippen LogP contribution < -0.4 is 0 Å². The molecule has 0 aliphatic rings. The molecule has 18 heteroatoms. The van der Waals surface area contributed by atoms with Gasteiger partial charge in [-0.25, -0.2) is 9.13 Å². The second kappa shape index (κ2) is 73.2. The van der Waals surface area contributed by atoms with Gasteiger partial charge in [0.1, 0.15) is 25.4 Å². The Morgan fingerprint density at radius 3 is 0.879 bits per heavy atom. The monoisotopic (exact) mass is 1430 g/mol. The zero-order valence-corrected chi connectivity index (χ0v) is 63.4. The first-order chi connectivity index (χ1) is 48.2. The molecular formula is C81H136O16P2. The molecule has 0 aromatic heterocycles. The molecule has 0 fully saturated rings. The Morgan fingerprint density at radius 2 is 0.535 bits per heavy atom. The van der Waals surface area contributed by atoms with Crippen molar-refractivity contribution in [3.05, 3.63) is 146 Å². The Bertz CT molecular complexity index is 2380. The van der Waals surface area contributed by atoms with Gasteiger partial charge in [-0.05, 0) is 135 Å². The predicted octanol–water partition coefficient (Wildman–Crippen LogP) is 22.1. The Hall–Kier alpha value is -4.57. The summed E-state index contributed by atoms with van der Waals surface area (Å²) in [7, 11) is -9.80. The van der Waals surface area contributed by atoms with Crippen molar-refractivity contribution in [1.29, 1.82) is 0 Å². The second-order valence-electron chi connectivity index (χ2n) is 25.0. The lowest BCUT2D eigenvalue weighted by molar-refractivity contribution is -0.161. The summed E-state index contributed by atoms with van der Waals surface area (Å²) in [5.74, 6) is -1.64. The molecule has 0 heterocycles. The standard InChI is InChI=1S/C81H136O16P2/c1-4-7-10-13-16-19-22-24-26-28-30-32-33-34-35-36-37-38-39-40-41-43-45-46-48-50-53-55-58-61-64-67-79(84)91-70-76(82)71-93-98(87,88)94-72-77(83)73-95-99(89,90)96-75-78(97-81(86)69-66-63-60-57-52-21-18-15-12-9-6-3)74-92-80(85)68-65-62-59-56-54-51-49-47-44-42-31-29-27-25-23-20-17-14-11-8-5-2/h7-8,10-11,15-20,24-27,30-32,34-35,42,47,49,54,56,76-78,82-83H,4-6,9,12-14,21-23,28-29,33,36-41,43-46,48,50-53,55,57-75H2,1-3H3,(H,87,88)(H,89,90)/b10-7-,11-8-,18-15-,19-16-,20-17-,26-24-,27-25-,32-30-,35-34-,42-31-,49-47-,56-54-. The number of rotatable bonds is 71. The summed E-state index contributed by atoms with van der Waals surface area (Å²) in [5, 5.41) is 20.6. The lowest BCUT2D eigenvalue weighted by atomic mass is 10.0. The highest BCUT2D eigenvalue weighted by Crippen LogP contribution is 2.45. The summed E-state index contributed by atoms with van der Waals surface area (Å²) in [5.41, 5.74) is 0. The van der Waals surface area contributed by atoms with E-state index in [0.29, 0.717) is 19.3 Å². The number of hydrogen-bond acceptors (Lipinski definition) is 14. The minimum Gasteiger partial charge on any atom is -0.463 e. The highest BCUT2D eigenvalue weighted by atomic mass is 31.2. The van der Waals surface area contributed by atoms with E-state index >= 15 is 0 Å². The highest BCUT2D eigenvalue weighted by Gasteiger charge is 2.29. The van der Waals surface area contributed by atoms with Crippen molar-refractivity contribution in [3.8, 4) is 0 Å². The van der Waals surface area contributed by atoms with Gasteiger partial charge in [-0.15, -0.1) is 0 Å². The number of carbonyl (C=O) groups excluding carboxylic acids is 3. The van der Waals surface area contributed by atoms with Crippen LogP contribution in [0, 0.1) is 0 Å². The van der Waals surface area contributed by atoms with Gasteiger partial charge in [0.2, 0.25) is 0 Å². The van der Waals surface area contributed by atoms with Gasteiger partial charge in [0.25, 0.3) is 0 Å². The first-order valence-corrected chi connectivity index (χ1v) is 41.1. The Morgan fingerprint density at radius 1 is 0.293 bits per heavy atom. The second-order valence-corrected chi connectivity index (χ2v) is 27.9. The van der Waals surface area contributed by atoms with Crippen molar-refractivity contribution in [2.45, 2.75) is 309 Å². The van der Waals surface area contributed by atoms with E-state index in [2.05, 4.69) is 167 Å². The van der Waals surface area contributed by atoms with Crippen molar-refractivity contribution < 1.29 is 75.8 Å². The number of allylic oxidation sites excluding steroid dienone is 24. The normalized spacial score (nSPS) is 14.9. The summed E-state index contributed by atoms with van der Waals surface area (Å²) >= 11 is 0. The van der Waals surface area contributed by atoms with Crippen molar-refractivity contribution in [2.75, 3.05) is 39.6 Å². The van der Waals surface area contributed by atoms with Crippen LogP contribution in [0.1, 0.15) is 290 Å². The summed E-state index contributed by atoms with van der Waals surface area (Å²) < 4.78 is 60.9. The molecule has 4 N–H and O–H groups in total. The fourth-order valence-corrected chi connectivity index (χ4v) is 11.3. The third kappa shape index (κ3) is 74.4. The molecular weight excluding hydrogens is 1290 g/mol. The fraction of sp³-hybridized carbons (Fsp3) is 0.667. The molecule has 0 amide bonds. The van der Waals surface area contributed by atoms with Crippen LogP contribution in [-0.4, -0.2) is 95.9 Å². The minimum absolute atomic E-state index is 0.0807. The zero-order chi connectivity index (χ0) is 72.3. The molecule has 566 valence electrons. The van der Waals surface area contributed by atoms with Gasteiger partial charge in [-0.3, -0.25) is 32.5 Å². The molecule has 0 bridgehead atoms. The van der Waals surface area contributed by atoms with Gasteiger partial charge in [0.05, 0.1) is 26.4 Å². The predicted molar refractivity (Wildman–Crippen MR) is 408 cm³/mol. The quantitative estimate of drug-likeness (QED) is 0.0146. The van der Waals surface area contributed by atoms with Crippen LogP contribution in [0.15, 0.2) is 146 Å². The van der Waals surface area contributed by atoms with Crippen LogP contribution in [0.4, 0.5) is 0 Å². The molecule has 0 radical (unpaired) electrons. The van der Waals surface area contributed by atoms with Crippen LogP contribution in [0.5, 0.6) is 0 Å². The SMILES string of the molecule is CC/C=C\C/C=C\C/C=C\C/C=C\C/C=C\C/C=C\CCCCC(=O)OCC(COP(=O)(O)OCC(O)COP(=O)(O)OCC(O)COC(=O)CCCCCCCCCCCCCCCCC/C=C\C/C=C\C/C=C\C/C=C\C/C=C\CC)OC(=O)CCCCCCC/C=C\CCCC. The molecule has 0 aromatic carbocycles. The van der Waals surface area contributed by atoms with Gasteiger partial charge in [-0.2, -0.15) is 0 Å². The number of hydrogen-bond donors (Lipinski definition) is 4. The average molecular weight is 1430 g/mol. The van der Waals surface area contributed by atoms with E-state index in [-0.39, 0.29) is 19.3 Å². The van der Waals surface area contributed by atoms with Gasteiger partial charge in [0, 0.05) is 19.3 Å². The zero-order valence-electron chi connectivity index (χ0n) is 61.6. The molecule has 0 aromatic rings. The van der Waals surface area contributed by atoms with Crippen LogP contribution >= 0.6 is 15.6 Å². The molecule has 5 atom stereocenters. The summed E-state index contributed by atoms with van der Waals surface area (Å²) in [6.07, 6.45) is 89.3. The van der Waals surface area contributed by atoms with Gasteiger partial charge >= 0.3 is 33.6 Å². The first kappa shape index (κ1) is 94.4. The summed E-state index contributed by atoms with van der Waals surface area (Å²) in [6, 6.07) is 0. The Balaban J connectivity index is 4.45. The van der Waals surface area contributed by atoms with E-state index in [0.717, 1.165) is 141 Å². The number of aliphatic hydroxyl groups excluding tert-OH is 2. The largest absolute Gasteiger partial charge is 0.472 e. The third-order valence-corrected chi connectivity index (χ3v) is 17.4. The average Bonchev–Trinajstić information content (AvgIpc) is 1.22. The minimum atomic E-state index is -4.94. The molecule has 0 saturated carbocycles. The van der Waals surface area contributed by atoms with E-state index in [4.69, 9.17) is 32.3 Å². The number of aliphatic hydroxyl groups is 2. The van der Waals surface area contributed by atoms with E-state index in [1.54, 1.807) is 0 Å². The molecule has 0 aliphatic heterocycles. The third-order valence-electron chi connectivity index (χ3n) is 15.5. The number of phosphoric acid groups is 2. The molecule has 0 aliphatic carbocycles. The van der Waals surface area contributed by atoms with E-state index in [1.807, 2.05) is 0 Å². The highest BCUT2D eigenvalue weighted by molar-refractivity contribution is 7.47. The van der Waals surface area contributed by atoms with E-state index < -0.39 is 91.5 Å². The van der Waals surface area contributed by atoms with Gasteiger partial charge < -0.3 is 34.2 Å². The summed E-state index contributed by atoms with van der Waals surface area (Å²) in [4.78, 5) is 58.4. The number of phosphoric ester groups is 2. The lowest BCUT2D eigenvalue weighted by Crippen LogP contribution is -2.30. The van der Waals surface area contributed by atoms with Crippen LogP contribution in [0.25, 0.3) is 0 Å². The van der Waals surface area contributed by atoms with E-state index in [1.165, 1.54) is 89.9 Å². The smallest absolute Gasteiger partial charge is 0.463 e. The first-order valence-electron chi connectivity index (χ1n) is 38.1. The maximum absolute atomic E-state index is 12.9. The molecule has 0 rings (SSSR count). The molecule has 5 unspecified atom stereocenters. The number of esters is 3. The molecule has 0 saturated heterocycles. The lowest BCUT2D eigenvalue weighted by Gasteiger charge is -2.21. The van der Waals surface area contributed by atoms with Crippen molar-refractivity contribution in [1.82, 2.24) is 0 Å². The van der Waals surface area contributed by atoms with Gasteiger partial charge in [0.15, 0.2) is 6.10 Å². The van der Waals surface area contributed by atoms with Crippen LogP contribution in [-0.2, 0) is 55.8 Å². The molecule has 0 spiro atoms. The molecule has 99 heavy (non-hydrogen) atoms. The van der Waals surface area contributed by atoms with E-state index in [9.17, 15) is 43.5 Å². The van der Waals surface area contributed by atoms with Crippen molar-refractivity contribution in [3.63, 3.8) is 0 Å². The van der Waals surface area contributed by atoms with Gasteiger partial charge in [-0.1, -0.05) is 282 Å². The van der Waals surface area contributed by atoms with Crippen LogP contribution in [0.3, 0.4) is 0 Å². The van der Waals surface area contributed by atoms with Crippen LogP contribution in [0.2, 0.25) is 0 Å². The summed E-state index contributed by atoms with van der Waals surface area (Å²) in [6.45, 7) is 2.34. The maximum Gasteiger partial charge on any atom is 0.472 e. The number of ether oxygens (including phenoxy) is 3. The topological polar surface area (TPSA) is 231 Å². The number of unbranched alkanes of at least 4 members (excludes halogenated alkanes) is 24. The fourth-order valence-electron chi connectivity index (χ4n) is 9.76.